The maximum Gasteiger partial charge on any atom is 0.320 e. The van der Waals surface area contributed by atoms with Gasteiger partial charge in [-0.15, -0.1) is 0 Å². The van der Waals surface area contributed by atoms with Crippen LogP contribution in [0.2, 0.25) is 0 Å². The van der Waals surface area contributed by atoms with E-state index in [-0.39, 0.29) is 5.56 Å². The van der Waals surface area contributed by atoms with Gasteiger partial charge in [-0.05, 0) is 55.8 Å². The Balaban J connectivity index is 1.44. The van der Waals surface area contributed by atoms with Crippen LogP contribution in [0.25, 0.3) is 16.9 Å². The number of rotatable bonds is 8. The van der Waals surface area contributed by atoms with Crippen molar-refractivity contribution in [2.75, 3.05) is 32.1 Å². The summed E-state index contributed by atoms with van der Waals surface area (Å²) in [6, 6.07) is 14.4. The molecule has 1 aromatic carbocycles. The quantitative estimate of drug-likeness (QED) is 0.315. The summed E-state index contributed by atoms with van der Waals surface area (Å²) in [4.78, 5) is 27.0. The first-order chi connectivity index (χ1) is 19.3. The molecule has 10 nitrogen and oxygen atoms in total. The number of halogens is 2. The van der Waals surface area contributed by atoms with Gasteiger partial charge in [-0.3, -0.25) is 10.2 Å². The van der Waals surface area contributed by atoms with Crippen molar-refractivity contribution in [3.8, 4) is 16.9 Å². The van der Waals surface area contributed by atoms with Gasteiger partial charge in [0.25, 0.3) is 0 Å². The van der Waals surface area contributed by atoms with Crippen molar-refractivity contribution in [1.82, 2.24) is 30.1 Å². The highest BCUT2D eigenvalue weighted by molar-refractivity contribution is 5.91. The van der Waals surface area contributed by atoms with E-state index in [1.165, 1.54) is 12.3 Å². The third-order valence-corrected chi connectivity index (χ3v) is 6.57. The standard InChI is InChI=1S/C28H29F2N7O3/c1-17-9-10-21(26(30)32-17)24-18(2)27(37(35-24)20-7-5-4-6-8-20)34-28(38)33-22-16-36(13-14-39-3)40-25(22)19-11-12-31-23(29)15-19/h4-12,15,22,25H,13-14,16H2,1-3H3,(H2,33,34,38)/t22-,25+/m1/s1. The SMILES string of the molecule is COCCN1C[C@@H](NC(=O)Nc2c(C)c(-c3ccc(C)nc3F)nn2-c2ccccc2)[C@H](c2ccnc(F)c2)O1. The molecule has 1 saturated heterocycles. The summed E-state index contributed by atoms with van der Waals surface area (Å²) >= 11 is 0. The van der Waals surface area contributed by atoms with Crippen molar-refractivity contribution in [2.45, 2.75) is 26.0 Å². The zero-order chi connectivity index (χ0) is 28.2. The van der Waals surface area contributed by atoms with Gasteiger partial charge in [0, 0.05) is 37.7 Å². The van der Waals surface area contributed by atoms with Crippen LogP contribution in [0.1, 0.15) is 22.9 Å². The minimum atomic E-state index is -0.650. The fraction of sp³-hybridized carbons (Fsp3) is 0.286. The molecule has 0 spiro atoms. The molecule has 0 radical (unpaired) electrons. The molecule has 1 aliphatic heterocycles. The van der Waals surface area contributed by atoms with Crippen molar-refractivity contribution in [2.24, 2.45) is 0 Å². The first kappa shape index (κ1) is 27.3. The molecule has 2 atom stereocenters. The summed E-state index contributed by atoms with van der Waals surface area (Å²) < 4.78 is 35.4. The van der Waals surface area contributed by atoms with Gasteiger partial charge in [-0.25, -0.2) is 19.4 Å². The molecule has 12 heteroatoms. The van der Waals surface area contributed by atoms with Gasteiger partial charge in [-0.1, -0.05) is 18.2 Å². The average molecular weight is 550 g/mol. The van der Waals surface area contributed by atoms with Crippen LogP contribution in [0.4, 0.5) is 19.4 Å². The second-order valence-electron chi connectivity index (χ2n) is 9.38. The number of pyridine rings is 2. The molecule has 4 heterocycles. The fourth-order valence-corrected chi connectivity index (χ4v) is 4.61. The van der Waals surface area contributed by atoms with Crippen LogP contribution in [0.5, 0.6) is 0 Å². The zero-order valence-electron chi connectivity index (χ0n) is 22.3. The Morgan fingerprint density at radius 1 is 1.15 bits per heavy atom. The Bertz CT molecular complexity index is 1500. The van der Waals surface area contributed by atoms with Crippen LogP contribution in [0.15, 0.2) is 60.8 Å². The third-order valence-electron chi connectivity index (χ3n) is 6.57. The molecule has 0 aliphatic carbocycles. The molecule has 0 bridgehead atoms. The Morgan fingerprint density at radius 2 is 1.95 bits per heavy atom. The number of aryl methyl sites for hydroxylation is 1. The normalized spacial score (nSPS) is 17.2. The number of hydroxylamine groups is 2. The van der Waals surface area contributed by atoms with E-state index < -0.39 is 30.1 Å². The van der Waals surface area contributed by atoms with Crippen LogP contribution < -0.4 is 10.6 Å². The number of nitrogens with one attached hydrogen (secondary N) is 2. The lowest BCUT2D eigenvalue weighted by atomic mass is 10.0. The van der Waals surface area contributed by atoms with E-state index in [1.54, 1.807) is 48.9 Å². The highest BCUT2D eigenvalue weighted by Gasteiger charge is 2.37. The number of hydrogen-bond acceptors (Lipinski definition) is 7. The Morgan fingerprint density at radius 3 is 2.67 bits per heavy atom. The molecule has 2 N–H and O–H groups in total. The van der Waals surface area contributed by atoms with Crippen molar-refractivity contribution in [1.29, 1.82) is 0 Å². The van der Waals surface area contributed by atoms with Gasteiger partial charge in [0.2, 0.25) is 11.9 Å². The monoisotopic (exact) mass is 549 g/mol. The van der Waals surface area contributed by atoms with E-state index in [4.69, 9.17) is 9.57 Å². The van der Waals surface area contributed by atoms with Gasteiger partial charge >= 0.3 is 6.03 Å². The molecule has 5 rings (SSSR count). The number of methoxy groups -OCH3 is 1. The second-order valence-corrected chi connectivity index (χ2v) is 9.38. The Labute approximate surface area is 229 Å². The molecular weight excluding hydrogens is 520 g/mol. The summed E-state index contributed by atoms with van der Waals surface area (Å²) in [6.07, 6.45) is 0.703. The number of carbonyl (C=O) groups is 1. The van der Waals surface area contributed by atoms with Crippen molar-refractivity contribution < 1.29 is 23.1 Å². The van der Waals surface area contributed by atoms with E-state index in [1.807, 2.05) is 30.3 Å². The fourth-order valence-electron chi connectivity index (χ4n) is 4.61. The number of para-hydroxylation sites is 1. The molecule has 4 aromatic rings. The maximum atomic E-state index is 14.8. The van der Waals surface area contributed by atoms with Gasteiger partial charge in [-0.2, -0.15) is 18.9 Å². The van der Waals surface area contributed by atoms with Crippen LogP contribution in [0.3, 0.4) is 0 Å². The van der Waals surface area contributed by atoms with Crippen molar-refractivity contribution in [3.63, 3.8) is 0 Å². The number of nitrogens with zero attached hydrogens (tertiary/aromatic N) is 5. The zero-order valence-corrected chi connectivity index (χ0v) is 22.3. The first-order valence-electron chi connectivity index (χ1n) is 12.7. The Kier molecular flexibility index (Phi) is 8.10. The number of ether oxygens (including phenoxy) is 1. The highest BCUT2D eigenvalue weighted by Crippen LogP contribution is 2.33. The van der Waals surface area contributed by atoms with Crippen molar-refractivity contribution >= 4 is 11.8 Å². The highest BCUT2D eigenvalue weighted by atomic mass is 19.1. The smallest absolute Gasteiger partial charge is 0.320 e. The van der Waals surface area contributed by atoms with Crippen LogP contribution >= 0.6 is 0 Å². The largest absolute Gasteiger partial charge is 0.383 e. The van der Waals surface area contributed by atoms with E-state index in [0.29, 0.717) is 53.7 Å². The van der Waals surface area contributed by atoms with Gasteiger partial charge in [0.15, 0.2) is 0 Å². The van der Waals surface area contributed by atoms with E-state index in [0.717, 1.165) is 0 Å². The summed E-state index contributed by atoms with van der Waals surface area (Å²) in [6.45, 7) is 4.67. The average Bonchev–Trinajstić information content (AvgIpc) is 3.48. The van der Waals surface area contributed by atoms with Crippen LogP contribution in [-0.4, -0.2) is 63.7 Å². The maximum absolute atomic E-state index is 14.8. The molecule has 2 amide bonds. The van der Waals surface area contributed by atoms with Crippen molar-refractivity contribution in [3.05, 3.63) is 89.5 Å². The summed E-state index contributed by atoms with van der Waals surface area (Å²) in [7, 11) is 1.58. The topological polar surface area (TPSA) is 106 Å². The van der Waals surface area contributed by atoms with E-state index >= 15 is 0 Å². The summed E-state index contributed by atoms with van der Waals surface area (Å²) in [5, 5.41) is 12.1. The van der Waals surface area contributed by atoms with E-state index in [2.05, 4.69) is 25.7 Å². The Hall–Kier alpha value is -4.26. The molecule has 40 heavy (non-hydrogen) atoms. The number of aromatic nitrogens is 4. The number of anilines is 1. The lowest BCUT2D eigenvalue weighted by Gasteiger charge is -2.19. The lowest BCUT2D eigenvalue weighted by molar-refractivity contribution is -0.154. The molecule has 208 valence electrons. The molecule has 1 fully saturated rings. The molecular formula is C28H29F2N7O3. The minimum Gasteiger partial charge on any atom is -0.383 e. The predicted molar refractivity (Wildman–Crippen MR) is 144 cm³/mol. The molecule has 1 aliphatic rings. The van der Waals surface area contributed by atoms with Crippen LogP contribution in [-0.2, 0) is 9.57 Å². The number of carbonyl (C=O) groups excluding carboxylic acids is 1. The van der Waals surface area contributed by atoms with Gasteiger partial charge < -0.3 is 10.1 Å². The molecule has 3 aromatic heterocycles. The second kappa shape index (κ2) is 11.9. The van der Waals surface area contributed by atoms with E-state index in [9.17, 15) is 13.6 Å². The first-order valence-corrected chi connectivity index (χ1v) is 12.7. The van der Waals surface area contributed by atoms with Gasteiger partial charge in [0.1, 0.15) is 17.6 Å². The number of amides is 2. The van der Waals surface area contributed by atoms with Crippen LogP contribution in [0, 0.1) is 25.7 Å². The predicted octanol–water partition coefficient (Wildman–Crippen LogP) is 4.35. The third kappa shape index (κ3) is 5.83. The number of hydrogen-bond donors (Lipinski definition) is 2. The number of urea groups is 1. The molecule has 0 saturated carbocycles. The number of benzene rings is 1. The summed E-state index contributed by atoms with van der Waals surface area (Å²) in [5.74, 6) is -0.934. The summed E-state index contributed by atoms with van der Waals surface area (Å²) in [5.41, 5.74) is 2.88. The lowest BCUT2D eigenvalue weighted by Crippen LogP contribution is -2.42. The minimum absolute atomic E-state index is 0.221. The van der Waals surface area contributed by atoms with Gasteiger partial charge in [0.05, 0.1) is 23.9 Å². The molecule has 0 unspecified atom stereocenters.